The Hall–Kier alpha value is -3.27. The Bertz CT molecular complexity index is 1160. The second kappa shape index (κ2) is 18.5. The van der Waals surface area contributed by atoms with Crippen molar-refractivity contribution in [1.82, 2.24) is 20.4 Å². The van der Waals surface area contributed by atoms with E-state index in [1.807, 2.05) is 61.5 Å². The first-order valence-corrected chi connectivity index (χ1v) is 16.6. The molecule has 0 bridgehead atoms. The number of carbonyl (C=O) groups is 3. The predicted molar refractivity (Wildman–Crippen MR) is 176 cm³/mol. The van der Waals surface area contributed by atoms with Crippen molar-refractivity contribution in [3.05, 3.63) is 54.6 Å². The Morgan fingerprint density at radius 3 is 2.25 bits per heavy atom. The van der Waals surface area contributed by atoms with Gasteiger partial charge in [0.15, 0.2) is 0 Å². The molecule has 2 heterocycles. The smallest absolute Gasteiger partial charge is 0.411 e. The van der Waals surface area contributed by atoms with E-state index in [4.69, 9.17) is 4.74 Å². The molecule has 0 unspecified atom stereocenters. The van der Waals surface area contributed by atoms with Crippen molar-refractivity contribution in [3.63, 3.8) is 0 Å². The monoisotopic (exact) mass is 605 g/mol. The number of ketones is 1. The van der Waals surface area contributed by atoms with Gasteiger partial charge in [0.2, 0.25) is 5.91 Å². The first-order chi connectivity index (χ1) is 21.5. The standard InChI is InChI=1S/C35H51N5O4/c1-2-37-34(42)29-16-22-39(23-17-29)21-10-4-7-13-30(41)27-36-20-26-40-24-18-31(19-25-40)44-35(43)38-33-15-9-8-14-32(33)28-11-5-3-6-12-28/h3,5-6,8-9,11-12,14-15,29,31,36H,2,4,7,10,13,16-27H2,1H3,(H,37,42)(H,38,43). The number of piperidine rings is 2. The van der Waals surface area contributed by atoms with Gasteiger partial charge in [-0.25, -0.2) is 4.79 Å². The Labute approximate surface area is 263 Å². The average molecular weight is 606 g/mol. The highest BCUT2D eigenvalue weighted by molar-refractivity contribution is 5.91. The van der Waals surface area contributed by atoms with Crippen molar-refractivity contribution < 1.29 is 19.1 Å². The van der Waals surface area contributed by atoms with E-state index in [0.717, 1.165) is 108 Å². The highest BCUT2D eigenvalue weighted by Gasteiger charge is 2.24. The number of ether oxygens (including phenoxy) is 1. The summed E-state index contributed by atoms with van der Waals surface area (Å²) in [7, 11) is 0. The van der Waals surface area contributed by atoms with Gasteiger partial charge < -0.3 is 25.2 Å². The summed E-state index contributed by atoms with van der Waals surface area (Å²) in [6.07, 6.45) is 6.74. The molecule has 0 aromatic heterocycles. The van der Waals surface area contributed by atoms with Gasteiger partial charge in [0.05, 0.1) is 12.2 Å². The quantitative estimate of drug-likeness (QED) is 0.233. The number of rotatable bonds is 16. The molecule has 2 amide bonds. The minimum Gasteiger partial charge on any atom is -0.446 e. The number of Topliss-reactive ketones (excluding diaryl/α,β-unsaturated/α-hetero) is 1. The largest absolute Gasteiger partial charge is 0.446 e. The van der Waals surface area contributed by atoms with E-state index in [1.54, 1.807) is 0 Å². The van der Waals surface area contributed by atoms with Gasteiger partial charge in [-0.05, 0) is 76.7 Å². The maximum absolute atomic E-state index is 12.7. The highest BCUT2D eigenvalue weighted by Crippen LogP contribution is 2.28. The molecule has 0 atom stereocenters. The summed E-state index contributed by atoms with van der Waals surface area (Å²) in [4.78, 5) is 41.8. The summed E-state index contributed by atoms with van der Waals surface area (Å²) >= 11 is 0. The summed E-state index contributed by atoms with van der Waals surface area (Å²) in [5, 5.41) is 9.18. The first kappa shape index (κ1) is 33.6. The highest BCUT2D eigenvalue weighted by atomic mass is 16.6. The molecule has 9 nitrogen and oxygen atoms in total. The average Bonchev–Trinajstić information content (AvgIpc) is 3.05. The van der Waals surface area contributed by atoms with E-state index in [1.165, 1.54) is 0 Å². The van der Waals surface area contributed by atoms with Crippen LogP contribution in [0.25, 0.3) is 11.1 Å². The van der Waals surface area contributed by atoms with Crippen LogP contribution >= 0.6 is 0 Å². The first-order valence-electron chi connectivity index (χ1n) is 16.6. The third-order valence-electron chi connectivity index (χ3n) is 8.72. The summed E-state index contributed by atoms with van der Waals surface area (Å²) in [5.74, 6) is 0.655. The molecule has 0 radical (unpaired) electrons. The molecule has 2 aliphatic heterocycles. The Morgan fingerprint density at radius 1 is 0.818 bits per heavy atom. The van der Waals surface area contributed by atoms with Gasteiger partial charge in [-0.15, -0.1) is 0 Å². The number of likely N-dealkylation sites (tertiary alicyclic amines) is 2. The van der Waals surface area contributed by atoms with Crippen LogP contribution in [0.2, 0.25) is 0 Å². The number of nitrogens with zero attached hydrogens (tertiary/aromatic N) is 2. The number of para-hydroxylation sites is 1. The lowest BCUT2D eigenvalue weighted by molar-refractivity contribution is -0.126. The van der Waals surface area contributed by atoms with Crippen molar-refractivity contribution in [1.29, 1.82) is 0 Å². The van der Waals surface area contributed by atoms with Crippen LogP contribution in [0, 0.1) is 5.92 Å². The van der Waals surface area contributed by atoms with Crippen LogP contribution in [-0.2, 0) is 14.3 Å². The van der Waals surface area contributed by atoms with Crippen molar-refractivity contribution in [3.8, 4) is 11.1 Å². The van der Waals surface area contributed by atoms with Crippen molar-refractivity contribution in [2.45, 2.75) is 64.4 Å². The van der Waals surface area contributed by atoms with Crippen molar-refractivity contribution in [2.75, 3.05) is 64.2 Å². The van der Waals surface area contributed by atoms with E-state index < -0.39 is 6.09 Å². The normalized spacial score (nSPS) is 16.8. The van der Waals surface area contributed by atoms with Gasteiger partial charge in [-0.3, -0.25) is 14.9 Å². The number of carbonyl (C=O) groups excluding carboxylic acids is 3. The van der Waals surface area contributed by atoms with Gasteiger partial charge >= 0.3 is 6.09 Å². The van der Waals surface area contributed by atoms with Gasteiger partial charge in [0.25, 0.3) is 0 Å². The summed E-state index contributed by atoms with van der Waals surface area (Å²) in [6.45, 7) is 9.56. The third kappa shape index (κ3) is 11.3. The Morgan fingerprint density at radius 2 is 1.50 bits per heavy atom. The fourth-order valence-electron chi connectivity index (χ4n) is 6.13. The van der Waals surface area contributed by atoms with E-state index in [-0.39, 0.29) is 23.7 Å². The summed E-state index contributed by atoms with van der Waals surface area (Å²) in [6, 6.07) is 17.8. The van der Waals surface area contributed by atoms with E-state index in [0.29, 0.717) is 19.5 Å². The Kier molecular flexibility index (Phi) is 14.1. The van der Waals surface area contributed by atoms with E-state index in [9.17, 15) is 14.4 Å². The molecule has 3 N–H and O–H groups in total. The topological polar surface area (TPSA) is 103 Å². The SMILES string of the molecule is CCNC(=O)C1CCN(CCCCCC(=O)CNCCN2CCC(OC(=O)Nc3ccccc3-c3ccccc3)CC2)CC1. The van der Waals surface area contributed by atoms with E-state index >= 15 is 0 Å². The van der Waals surface area contributed by atoms with Gasteiger partial charge in [-0.1, -0.05) is 55.0 Å². The Balaban J connectivity index is 0.999. The second-order valence-corrected chi connectivity index (χ2v) is 12.0. The maximum Gasteiger partial charge on any atom is 0.411 e. The van der Waals surface area contributed by atoms with Crippen LogP contribution < -0.4 is 16.0 Å². The molecule has 2 aromatic carbocycles. The maximum atomic E-state index is 12.7. The molecule has 2 fully saturated rings. The zero-order valence-corrected chi connectivity index (χ0v) is 26.4. The number of unbranched alkanes of at least 4 members (excludes halogenated alkanes) is 2. The minimum absolute atomic E-state index is 0.0937. The number of anilines is 1. The lowest BCUT2D eigenvalue weighted by Crippen LogP contribution is -2.42. The molecule has 4 rings (SSSR count). The zero-order chi connectivity index (χ0) is 31.0. The molecule has 240 valence electrons. The molecule has 2 aliphatic rings. The van der Waals surface area contributed by atoms with Crippen molar-refractivity contribution >= 4 is 23.5 Å². The number of amides is 2. The number of hydrogen-bond donors (Lipinski definition) is 3. The second-order valence-electron chi connectivity index (χ2n) is 12.0. The van der Waals surface area contributed by atoms with Gasteiger partial charge in [0, 0.05) is 50.6 Å². The van der Waals surface area contributed by atoms with Crippen LogP contribution in [0.5, 0.6) is 0 Å². The van der Waals surface area contributed by atoms with Crippen LogP contribution in [0.15, 0.2) is 54.6 Å². The molecule has 0 aliphatic carbocycles. The summed E-state index contributed by atoms with van der Waals surface area (Å²) < 4.78 is 5.75. The summed E-state index contributed by atoms with van der Waals surface area (Å²) in [5.41, 5.74) is 2.76. The lowest BCUT2D eigenvalue weighted by atomic mass is 9.95. The predicted octanol–water partition coefficient (Wildman–Crippen LogP) is 4.93. The number of nitrogens with one attached hydrogen (secondary N) is 3. The van der Waals surface area contributed by atoms with Gasteiger partial charge in [-0.2, -0.15) is 0 Å². The third-order valence-corrected chi connectivity index (χ3v) is 8.72. The molecule has 0 saturated carbocycles. The van der Waals surface area contributed by atoms with Crippen molar-refractivity contribution in [2.24, 2.45) is 5.92 Å². The van der Waals surface area contributed by atoms with E-state index in [2.05, 4.69) is 25.8 Å². The fraction of sp³-hybridized carbons (Fsp3) is 0.571. The lowest BCUT2D eigenvalue weighted by Gasteiger charge is -2.31. The van der Waals surface area contributed by atoms with Crippen LogP contribution in [0.1, 0.15) is 58.3 Å². The molecular weight excluding hydrogens is 554 g/mol. The van der Waals surface area contributed by atoms with Crippen LogP contribution in [-0.4, -0.2) is 92.6 Å². The number of hydrogen-bond acceptors (Lipinski definition) is 7. The molecule has 0 spiro atoms. The molecule has 9 heteroatoms. The van der Waals surface area contributed by atoms with Crippen LogP contribution in [0.4, 0.5) is 10.5 Å². The molecule has 2 aromatic rings. The molecular formula is C35H51N5O4. The fourth-order valence-corrected chi connectivity index (χ4v) is 6.13. The number of benzene rings is 2. The van der Waals surface area contributed by atoms with Gasteiger partial charge in [0.1, 0.15) is 11.9 Å². The molecule has 2 saturated heterocycles. The van der Waals surface area contributed by atoms with Crippen LogP contribution in [0.3, 0.4) is 0 Å². The zero-order valence-electron chi connectivity index (χ0n) is 26.4. The minimum atomic E-state index is -0.412. The molecule has 44 heavy (non-hydrogen) atoms.